The van der Waals surface area contributed by atoms with Crippen LogP contribution in [-0.4, -0.2) is 13.0 Å². The van der Waals surface area contributed by atoms with E-state index in [0.717, 1.165) is 5.56 Å². The number of nitrogens with one attached hydrogen (secondary N) is 1. The molecule has 0 unspecified atom stereocenters. The second-order valence-electron chi connectivity index (χ2n) is 3.40. The van der Waals surface area contributed by atoms with E-state index in [-0.39, 0.29) is 5.91 Å². The summed E-state index contributed by atoms with van der Waals surface area (Å²) in [6.45, 7) is 1.74. The largest absolute Gasteiger partial charge is 0.402 e. The summed E-state index contributed by atoms with van der Waals surface area (Å²) >= 11 is 0. The van der Waals surface area contributed by atoms with Crippen LogP contribution in [0.25, 0.3) is 0 Å². The Balaban J connectivity index is 2.87. The van der Waals surface area contributed by atoms with Gasteiger partial charge >= 0.3 is 0 Å². The molecule has 3 heteroatoms. The first-order valence-corrected chi connectivity index (χ1v) is 4.86. The predicted molar refractivity (Wildman–Crippen MR) is 61.1 cm³/mol. The van der Waals surface area contributed by atoms with Crippen molar-refractivity contribution in [1.29, 1.82) is 0 Å². The van der Waals surface area contributed by atoms with Gasteiger partial charge in [0.1, 0.15) is 0 Å². The number of likely N-dealkylation sites (N-methyl/N-ethyl adjacent to an activating group) is 1. The number of rotatable bonds is 3. The van der Waals surface area contributed by atoms with Gasteiger partial charge in [0.15, 0.2) is 0 Å². The maximum absolute atomic E-state index is 11.5. The number of hydrogen-bond acceptors (Lipinski definition) is 2. The molecule has 0 aliphatic heterocycles. The third kappa shape index (κ3) is 3.13. The Hall–Kier alpha value is -1.77. The van der Waals surface area contributed by atoms with Crippen molar-refractivity contribution in [1.82, 2.24) is 5.32 Å². The summed E-state index contributed by atoms with van der Waals surface area (Å²) in [6.07, 6.45) is 0.572. The molecule has 3 nitrogen and oxygen atoms in total. The first-order chi connectivity index (χ1) is 7.15. The van der Waals surface area contributed by atoms with Gasteiger partial charge in [0.05, 0.1) is 0 Å². The van der Waals surface area contributed by atoms with Crippen molar-refractivity contribution in [2.75, 3.05) is 7.05 Å². The van der Waals surface area contributed by atoms with Crippen LogP contribution in [0.15, 0.2) is 41.6 Å². The number of benzene rings is 1. The van der Waals surface area contributed by atoms with Crippen molar-refractivity contribution in [3.05, 3.63) is 47.2 Å². The molecule has 0 aromatic heterocycles. The minimum atomic E-state index is -0.112. The highest BCUT2D eigenvalue weighted by molar-refractivity contribution is 5.94. The fourth-order valence-electron chi connectivity index (χ4n) is 1.35. The Labute approximate surface area is 90.0 Å². The molecule has 3 N–H and O–H groups in total. The molecule has 0 aliphatic carbocycles. The minimum Gasteiger partial charge on any atom is -0.402 e. The van der Waals surface area contributed by atoms with E-state index in [1.165, 1.54) is 0 Å². The summed E-state index contributed by atoms with van der Waals surface area (Å²) in [4.78, 5) is 11.5. The van der Waals surface area contributed by atoms with Gasteiger partial charge in [-0.2, -0.15) is 0 Å². The first-order valence-electron chi connectivity index (χ1n) is 4.86. The molecule has 1 aromatic carbocycles. The molecule has 0 spiro atoms. The zero-order valence-electron chi connectivity index (χ0n) is 9.08. The van der Waals surface area contributed by atoms with Crippen molar-refractivity contribution >= 4 is 5.91 Å². The molecule has 0 bridgehead atoms. The highest BCUT2D eigenvalue weighted by Crippen LogP contribution is 2.09. The van der Waals surface area contributed by atoms with Crippen LogP contribution in [0.5, 0.6) is 0 Å². The fraction of sp³-hybridized carbons (Fsp3) is 0.250. The van der Waals surface area contributed by atoms with Crippen molar-refractivity contribution in [2.24, 2.45) is 5.73 Å². The molecular weight excluding hydrogens is 188 g/mol. The summed E-state index contributed by atoms with van der Waals surface area (Å²) in [6, 6.07) is 9.80. The number of nitrogens with two attached hydrogens (primary N) is 1. The highest BCUT2D eigenvalue weighted by Gasteiger charge is 2.10. The SMILES string of the molecule is CNC(=O)/C(Cc1ccccc1)=C(/C)N. The number of allylic oxidation sites excluding steroid dienone is 1. The monoisotopic (exact) mass is 204 g/mol. The molecule has 80 valence electrons. The molecule has 0 fully saturated rings. The van der Waals surface area contributed by atoms with Crippen molar-refractivity contribution in [2.45, 2.75) is 13.3 Å². The summed E-state index contributed by atoms with van der Waals surface area (Å²) in [5.41, 5.74) is 7.96. The second kappa shape index (κ2) is 5.20. The maximum Gasteiger partial charge on any atom is 0.249 e. The fourth-order valence-corrected chi connectivity index (χ4v) is 1.35. The summed E-state index contributed by atoms with van der Waals surface area (Å²) in [5, 5.41) is 2.59. The van der Waals surface area contributed by atoms with Gasteiger partial charge in [-0.05, 0) is 12.5 Å². The number of carbonyl (C=O) groups is 1. The average molecular weight is 204 g/mol. The Bertz CT molecular complexity index is 364. The quantitative estimate of drug-likeness (QED) is 0.727. The normalized spacial score (nSPS) is 11.9. The number of carbonyl (C=O) groups excluding carboxylic acids is 1. The van der Waals surface area contributed by atoms with E-state index in [2.05, 4.69) is 5.32 Å². The van der Waals surface area contributed by atoms with Gasteiger partial charge in [-0.1, -0.05) is 30.3 Å². The van der Waals surface area contributed by atoms with Crippen LogP contribution in [0.3, 0.4) is 0 Å². The molecule has 0 radical (unpaired) electrons. The van der Waals surface area contributed by atoms with Crippen molar-refractivity contribution in [3.63, 3.8) is 0 Å². The van der Waals surface area contributed by atoms with E-state index in [9.17, 15) is 4.79 Å². The zero-order valence-corrected chi connectivity index (χ0v) is 9.08. The Kier molecular flexibility index (Phi) is 3.92. The molecule has 1 amide bonds. The van der Waals surface area contributed by atoms with E-state index in [4.69, 9.17) is 5.73 Å². The second-order valence-corrected chi connectivity index (χ2v) is 3.40. The standard InChI is InChI=1S/C12H16N2O/c1-9(13)11(12(15)14-2)8-10-6-4-3-5-7-10/h3-7H,8,13H2,1-2H3,(H,14,15)/b11-9-. The molecule has 0 aliphatic rings. The smallest absolute Gasteiger partial charge is 0.249 e. The van der Waals surface area contributed by atoms with Gasteiger partial charge in [0.2, 0.25) is 5.91 Å². The zero-order chi connectivity index (χ0) is 11.3. The molecule has 0 saturated carbocycles. The van der Waals surface area contributed by atoms with Crippen LogP contribution >= 0.6 is 0 Å². The van der Waals surface area contributed by atoms with Crippen molar-refractivity contribution in [3.8, 4) is 0 Å². The molecule has 1 aromatic rings. The molecule has 0 heterocycles. The van der Waals surface area contributed by atoms with Gasteiger partial charge in [-0.25, -0.2) is 0 Å². The summed E-state index contributed by atoms with van der Waals surface area (Å²) in [7, 11) is 1.61. The van der Waals surface area contributed by atoms with E-state index >= 15 is 0 Å². The molecule has 0 saturated heterocycles. The van der Waals surface area contributed by atoms with Crippen LogP contribution in [0, 0.1) is 0 Å². The lowest BCUT2D eigenvalue weighted by Gasteiger charge is -2.08. The van der Waals surface area contributed by atoms with Crippen LogP contribution in [0.4, 0.5) is 0 Å². The molecule has 1 rings (SSSR count). The topological polar surface area (TPSA) is 55.1 Å². The maximum atomic E-state index is 11.5. The van der Waals surface area contributed by atoms with E-state index in [0.29, 0.717) is 17.7 Å². The van der Waals surface area contributed by atoms with Crippen LogP contribution in [0.2, 0.25) is 0 Å². The summed E-state index contributed by atoms with van der Waals surface area (Å²) < 4.78 is 0. The van der Waals surface area contributed by atoms with Gasteiger partial charge in [-0.15, -0.1) is 0 Å². The molecule has 0 atom stereocenters. The Morgan fingerprint density at radius 3 is 2.40 bits per heavy atom. The lowest BCUT2D eigenvalue weighted by atomic mass is 10.0. The van der Waals surface area contributed by atoms with E-state index in [1.54, 1.807) is 14.0 Å². The van der Waals surface area contributed by atoms with Crippen LogP contribution in [0.1, 0.15) is 12.5 Å². The van der Waals surface area contributed by atoms with Crippen LogP contribution in [-0.2, 0) is 11.2 Å². The first kappa shape index (κ1) is 11.3. The van der Waals surface area contributed by atoms with Crippen molar-refractivity contribution < 1.29 is 4.79 Å². The molecule has 15 heavy (non-hydrogen) atoms. The number of amides is 1. The average Bonchev–Trinajstić information content (AvgIpc) is 2.26. The van der Waals surface area contributed by atoms with Crippen LogP contribution < -0.4 is 11.1 Å². The predicted octanol–water partition coefficient (Wildman–Crippen LogP) is 1.21. The third-order valence-electron chi connectivity index (χ3n) is 2.20. The van der Waals surface area contributed by atoms with E-state index < -0.39 is 0 Å². The molecular formula is C12H16N2O. The highest BCUT2D eigenvalue weighted by atomic mass is 16.1. The van der Waals surface area contributed by atoms with E-state index in [1.807, 2.05) is 30.3 Å². The Morgan fingerprint density at radius 2 is 1.93 bits per heavy atom. The van der Waals surface area contributed by atoms with Gasteiger partial charge in [-0.3, -0.25) is 4.79 Å². The lowest BCUT2D eigenvalue weighted by Crippen LogP contribution is -2.23. The van der Waals surface area contributed by atoms with Gasteiger partial charge in [0, 0.05) is 24.7 Å². The van der Waals surface area contributed by atoms with Gasteiger partial charge in [0.25, 0.3) is 0 Å². The minimum absolute atomic E-state index is 0.112. The Morgan fingerprint density at radius 1 is 1.33 bits per heavy atom. The number of hydrogen-bond donors (Lipinski definition) is 2. The summed E-state index contributed by atoms with van der Waals surface area (Å²) in [5.74, 6) is -0.112. The van der Waals surface area contributed by atoms with Gasteiger partial charge < -0.3 is 11.1 Å². The third-order valence-corrected chi connectivity index (χ3v) is 2.20. The lowest BCUT2D eigenvalue weighted by molar-refractivity contribution is -0.117.